The van der Waals surface area contributed by atoms with Crippen molar-refractivity contribution in [3.05, 3.63) is 0 Å². The van der Waals surface area contributed by atoms with Crippen LogP contribution >= 0.6 is 0 Å². The summed E-state index contributed by atoms with van der Waals surface area (Å²) in [5.74, 6) is 2.60. The minimum Gasteiger partial charge on any atom is -0.265 e. The summed E-state index contributed by atoms with van der Waals surface area (Å²) in [6, 6.07) is 0. The van der Waals surface area contributed by atoms with E-state index in [-0.39, 0.29) is 5.60 Å². The van der Waals surface area contributed by atoms with Crippen LogP contribution < -0.4 is 0 Å². The van der Waals surface area contributed by atoms with Gasteiger partial charge in [0.2, 0.25) is 0 Å². The SMILES string of the molecule is CC1C2CC3CC(C2)CC1(O[SH](=O)=O)C3. The van der Waals surface area contributed by atoms with E-state index in [0.29, 0.717) is 11.8 Å². The lowest BCUT2D eigenvalue weighted by atomic mass is 9.50. The summed E-state index contributed by atoms with van der Waals surface area (Å²) in [6.07, 6.45) is 5.87. The van der Waals surface area contributed by atoms with E-state index < -0.39 is 11.0 Å². The normalized spacial score (nSPS) is 52.7. The quantitative estimate of drug-likeness (QED) is 0.735. The summed E-state index contributed by atoms with van der Waals surface area (Å²) in [5, 5.41) is 0. The molecule has 0 aromatic heterocycles. The zero-order valence-electron chi connectivity index (χ0n) is 9.02. The van der Waals surface area contributed by atoms with Crippen LogP contribution in [-0.2, 0) is 15.2 Å². The summed E-state index contributed by atoms with van der Waals surface area (Å²) in [7, 11) is -2.69. The monoisotopic (exact) mass is 230 g/mol. The topological polar surface area (TPSA) is 43.4 Å². The number of thiol groups is 1. The highest BCUT2D eigenvalue weighted by Crippen LogP contribution is 2.59. The van der Waals surface area contributed by atoms with Crippen molar-refractivity contribution in [3.63, 3.8) is 0 Å². The van der Waals surface area contributed by atoms with Crippen molar-refractivity contribution < 1.29 is 12.6 Å². The fraction of sp³-hybridized carbons (Fsp3) is 1.00. The predicted octanol–water partition coefficient (Wildman–Crippen LogP) is 1.74. The first-order valence-corrected chi connectivity index (χ1v) is 7.02. The Morgan fingerprint density at radius 3 is 2.27 bits per heavy atom. The number of rotatable bonds is 2. The molecule has 4 rings (SSSR count). The van der Waals surface area contributed by atoms with E-state index >= 15 is 0 Å². The Morgan fingerprint density at radius 1 is 1.13 bits per heavy atom. The van der Waals surface area contributed by atoms with Crippen LogP contribution in [0.1, 0.15) is 39.0 Å². The summed E-state index contributed by atoms with van der Waals surface area (Å²) in [6.45, 7) is 2.18. The predicted molar refractivity (Wildman–Crippen MR) is 56.8 cm³/mol. The molecular formula is C11H18O3S. The molecule has 15 heavy (non-hydrogen) atoms. The first kappa shape index (κ1) is 10.1. The summed E-state index contributed by atoms with van der Waals surface area (Å²) in [4.78, 5) is 0. The molecule has 4 heteroatoms. The fourth-order valence-electron chi connectivity index (χ4n) is 4.53. The van der Waals surface area contributed by atoms with Crippen molar-refractivity contribution in [2.24, 2.45) is 23.7 Å². The van der Waals surface area contributed by atoms with Crippen molar-refractivity contribution in [3.8, 4) is 0 Å². The maximum Gasteiger partial charge on any atom is 0.257 e. The lowest BCUT2D eigenvalue weighted by Gasteiger charge is -2.58. The van der Waals surface area contributed by atoms with Crippen molar-refractivity contribution in [2.75, 3.05) is 0 Å². The van der Waals surface area contributed by atoms with E-state index in [2.05, 4.69) is 6.92 Å². The Morgan fingerprint density at radius 2 is 1.73 bits per heavy atom. The van der Waals surface area contributed by atoms with Crippen molar-refractivity contribution >= 4 is 11.0 Å². The summed E-state index contributed by atoms with van der Waals surface area (Å²) < 4.78 is 27.0. The first-order chi connectivity index (χ1) is 7.09. The van der Waals surface area contributed by atoms with Gasteiger partial charge in [0.15, 0.2) is 0 Å². The maximum absolute atomic E-state index is 10.8. The zero-order chi connectivity index (χ0) is 10.6. The molecule has 4 aliphatic rings. The number of hydrogen-bond donors (Lipinski definition) is 1. The zero-order valence-corrected chi connectivity index (χ0v) is 9.91. The molecule has 0 aromatic rings. The van der Waals surface area contributed by atoms with E-state index in [9.17, 15) is 8.42 Å². The van der Waals surface area contributed by atoms with Crippen LogP contribution in [-0.4, -0.2) is 14.0 Å². The Kier molecular flexibility index (Phi) is 2.15. The molecule has 4 saturated carbocycles. The molecule has 0 amide bonds. The van der Waals surface area contributed by atoms with Crippen LogP contribution in [0.25, 0.3) is 0 Å². The third kappa shape index (κ3) is 1.45. The molecule has 4 fully saturated rings. The average molecular weight is 230 g/mol. The van der Waals surface area contributed by atoms with E-state index in [0.717, 1.165) is 24.7 Å². The summed E-state index contributed by atoms with van der Waals surface area (Å²) >= 11 is 0. The lowest BCUT2D eigenvalue weighted by molar-refractivity contribution is -0.144. The van der Waals surface area contributed by atoms with Gasteiger partial charge >= 0.3 is 0 Å². The molecule has 0 N–H and O–H groups in total. The van der Waals surface area contributed by atoms with Crippen LogP contribution in [0, 0.1) is 23.7 Å². The van der Waals surface area contributed by atoms with Crippen LogP contribution in [0.2, 0.25) is 0 Å². The van der Waals surface area contributed by atoms with Gasteiger partial charge < -0.3 is 0 Å². The maximum atomic E-state index is 10.8. The second-order valence-electron chi connectivity index (χ2n) is 5.78. The Balaban J connectivity index is 1.93. The van der Waals surface area contributed by atoms with Gasteiger partial charge in [-0.15, -0.1) is 0 Å². The molecule has 86 valence electrons. The minimum atomic E-state index is -2.69. The third-order valence-corrected chi connectivity index (χ3v) is 5.51. The van der Waals surface area contributed by atoms with E-state index in [1.54, 1.807) is 0 Å². The summed E-state index contributed by atoms with van der Waals surface area (Å²) in [5.41, 5.74) is -0.316. The average Bonchev–Trinajstić information content (AvgIpc) is 2.11. The molecule has 3 nitrogen and oxygen atoms in total. The Labute approximate surface area is 92.4 Å². The lowest BCUT2D eigenvalue weighted by Crippen LogP contribution is -2.57. The second-order valence-corrected chi connectivity index (χ2v) is 6.41. The standard InChI is InChI=1S/C11H18O3S/c1-7-10-3-8-2-9(4-10)6-11(7,5-8)14-15(12)13/h7-10,15H,2-6H2,1H3. The van der Waals surface area contributed by atoms with Gasteiger partial charge in [-0.05, 0) is 55.8 Å². The van der Waals surface area contributed by atoms with Crippen LogP contribution in [0.15, 0.2) is 0 Å². The van der Waals surface area contributed by atoms with Gasteiger partial charge in [-0.1, -0.05) is 6.92 Å². The van der Waals surface area contributed by atoms with Gasteiger partial charge in [-0.25, -0.2) is 8.42 Å². The molecule has 0 saturated heterocycles. The molecule has 4 bridgehead atoms. The first-order valence-electron chi connectivity index (χ1n) is 5.92. The van der Waals surface area contributed by atoms with E-state index in [4.69, 9.17) is 4.18 Å². The van der Waals surface area contributed by atoms with Gasteiger partial charge in [0, 0.05) is 0 Å². The largest absolute Gasteiger partial charge is 0.265 e. The van der Waals surface area contributed by atoms with E-state index in [1.165, 1.54) is 19.3 Å². The van der Waals surface area contributed by atoms with Crippen molar-refractivity contribution in [1.82, 2.24) is 0 Å². The van der Waals surface area contributed by atoms with Gasteiger partial charge in [0.05, 0.1) is 5.60 Å². The molecule has 4 aliphatic carbocycles. The van der Waals surface area contributed by atoms with Crippen LogP contribution in [0.4, 0.5) is 0 Å². The van der Waals surface area contributed by atoms with Gasteiger partial charge in [-0.2, -0.15) is 0 Å². The Hall–Kier alpha value is -0.0900. The third-order valence-electron chi connectivity index (χ3n) is 5.00. The molecule has 3 unspecified atom stereocenters. The highest BCUT2D eigenvalue weighted by atomic mass is 32.2. The van der Waals surface area contributed by atoms with Crippen LogP contribution in [0.3, 0.4) is 0 Å². The minimum absolute atomic E-state index is 0.316. The van der Waals surface area contributed by atoms with E-state index in [1.807, 2.05) is 0 Å². The molecule has 0 aliphatic heterocycles. The van der Waals surface area contributed by atoms with Crippen molar-refractivity contribution in [1.29, 1.82) is 0 Å². The molecule has 0 aromatic carbocycles. The molecule has 0 spiro atoms. The Bertz CT molecular complexity index is 328. The highest BCUT2D eigenvalue weighted by Gasteiger charge is 2.56. The smallest absolute Gasteiger partial charge is 0.257 e. The van der Waals surface area contributed by atoms with Crippen molar-refractivity contribution in [2.45, 2.75) is 44.6 Å². The highest BCUT2D eigenvalue weighted by molar-refractivity contribution is 7.67. The fourth-order valence-corrected chi connectivity index (χ4v) is 5.14. The number of hydrogen-bond acceptors (Lipinski definition) is 3. The molecular weight excluding hydrogens is 212 g/mol. The van der Waals surface area contributed by atoms with Crippen LogP contribution in [0.5, 0.6) is 0 Å². The van der Waals surface area contributed by atoms with Gasteiger partial charge in [0.25, 0.3) is 11.0 Å². The molecule has 0 heterocycles. The van der Waals surface area contributed by atoms with Gasteiger partial charge in [0.1, 0.15) is 0 Å². The second kappa shape index (κ2) is 3.20. The molecule has 0 radical (unpaired) electrons. The van der Waals surface area contributed by atoms with Gasteiger partial charge in [-0.3, -0.25) is 4.18 Å². The molecule has 3 atom stereocenters.